The summed E-state index contributed by atoms with van der Waals surface area (Å²) in [7, 11) is 0. The van der Waals surface area contributed by atoms with Gasteiger partial charge in [0.05, 0.1) is 17.4 Å². The number of hydrogen-bond donors (Lipinski definition) is 1. The predicted octanol–water partition coefficient (Wildman–Crippen LogP) is 8.01. The molecule has 1 aromatic carbocycles. The summed E-state index contributed by atoms with van der Waals surface area (Å²) in [4.78, 5) is 5.27. The Morgan fingerprint density at radius 3 is 2.48 bits per heavy atom. The zero-order chi connectivity index (χ0) is 23.6. The summed E-state index contributed by atoms with van der Waals surface area (Å²) in [6, 6.07) is 2.51. The standard InChI is InChI=1S/C21H23F4NOS2.C2H6/c1-4-5-16(27)10-13(2)8-9-28-12-19-14(3)26-20(29-19)17-7-6-15(11-18(17)22)21(23,24)25;1-2/h4-9,11,13,16,27H,10,12H2,1-3H3;1-2H3/b5-4-,9-8+;. The molecule has 2 aromatic rings. The topological polar surface area (TPSA) is 33.1 Å². The number of thiazole rings is 1. The Balaban J connectivity index is 0.00000233. The van der Waals surface area contributed by atoms with Gasteiger partial charge in [0.15, 0.2) is 0 Å². The molecule has 2 atom stereocenters. The van der Waals surface area contributed by atoms with Gasteiger partial charge in [0.25, 0.3) is 0 Å². The minimum Gasteiger partial charge on any atom is -0.389 e. The third-order valence-corrected chi connectivity index (χ3v) is 6.34. The molecule has 31 heavy (non-hydrogen) atoms. The number of alkyl halides is 3. The third-order valence-electron chi connectivity index (χ3n) is 4.17. The molecule has 1 N–H and O–H groups in total. The second-order valence-corrected chi connectivity index (χ2v) is 8.64. The average molecular weight is 476 g/mol. The summed E-state index contributed by atoms with van der Waals surface area (Å²) in [6.45, 7) is 9.69. The fraction of sp³-hybridized carbons (Fsp3) is 0.435. The van der Waals surface area contributed by atoms with Gasteiger partial charge in [-0.25, -0.2) is 9.37 Å². The van der Waals surface area contributed by atoms with Crippen molar-refractivity contribution in [1.82, 2.24) is 4.98 Å². The molecule has 0 fully saturated rings. The summed E-state index contributed by atoms with van der Waals surface area (Å²) < 4.78 is 52.3. The normalized spacial score (nSPS) is 14.0. The molecule has 172 valence electrons. The fourth-order valence-electron chi connectivity index (χ4n) is 2.62. The van der Waals surface area contributed by atoms with Crippen molar-refractivity contribution in [1.29, 1.82) is 0 Å². The molecule has 0 spiro atoms. The SMILES string of the molecule is C/C=C\C(O)CC(C)/C=C/SCc1sc(-c2ccc(C(F)(F)F)cc2F)nc1C.CC. The summed E-state index contributed by atoms with van der Waals surface area (Å²) in [5, 5.41) is 12.1. The zero-order valence-corrected chi connectivity index (χ0v) is 20.0. The molecular weight excluding hydrogens is 446 g/mol. The monoisotopic (exact) mass is 475 g/mol. The highest BCUT2D eigenvalue weighted by molar-refractivity contribution is 8.01. The minimum absolute atomic E-state index is 0.0736. The van der Waals surface area contributed by atoms with Gasteiger partial charge in [0, 0.05) is 16.2 Å². The van der Waals surface area contributed by atoms with E-state index in [-0.39, 0.29) is 11.5 Å². The molecule has 1 aromatic heterocycles. The Hall–Kier alpha value is -1.64. The van der Waals surface area contributed by atoms with Crippen LogP contribution in [0.3, 0.4) is 0 Å². The Morgan fingerprint density at radius 2 is 1.90 bits per heavy atom. The highest BCUT2D eigenvalue weighted by Gasteiger charge is 2.31. The Kier molecular flexibility index (Phi) is 11.5. The van der Waals surface area contributed by atoms with Crippen LogP contribution in [0.4, 0.5) is 17.6 Å². The lowest BCUT2D eigenvalue weighted by molar-refractivity contribution is -0.137. The first kappa shape index (κ1) is 27.4. The largest absolute Gasteiger partial charge is 0.416 e. The van der Waals surface area contributed by atoms with E-state index in [1.54, 1.807) is 24.8 Å². The number of halogens is 4. The maximum atomic E-state index is 14.2. The van der Waals surface area contributed by atoms with Crippen LogP contribution < -0.4 is 0 Å². The van der Waals surface area contributed by atoms with Crippen molar-refractivity contribution in [2.75, 3.05) is 0 Å². The molecule has 8 heteroatoms. The van der Waals surface area contributed by atoms with Crippen molar-refractivity contribution in [3.63, 3.8) is 0 Å². The average Bonchev–Trinajstić information content (AvgIpc) is 3.06. The second kappa shape index (κ2) is 13.0. The second-order valence-electron chi connectivity index (χ2n) is 6.67. The highest BCUT2D eigenvalue weighted by atomic mass is 32.2. The van der Waals surface area contributed by atoms with E-state index in [0.717, 1.165) is 22.7 Å². The van der Waals surface area contributed by atoms with Gasteiger partial charge in [0.1, 0.15) is 10.8 Å². The fourth-order valence-corrected chi connectivity index (χ4v) is 4.78. The predicted molar refractivity (Wildman–Crippen MR) is 124 cm³/mol. The quantitative estimate of drug-likeness (QED) is 0.310. The lowest BCUT2D eigenvalue weighted by Gasteiger charge is -2.09. The van der Waals surface area contributed by atoms with Crippen molar-refractivity contribution in [2.45, 2.75) is 59.1 Å². The molecule has 0 aliphatic rings. The molecular formula is C23H29F4NOS2. The van der Waals surface area contributed by atoms with Crippen LogP contribution >= 0.6 is 23.1 Å². The van der Waals surface area contributed by atoms with Crippen LogP contribution in [0, 0.1) is 18.7 Å². The van der Waals surface area contributed by atoms with E-state index in [4.69, 9.17) is 0 Å². The molecule has 0 radical (unpaired) electrons. The van der Waals surface area contributed by atoms with Gasteiger partial charge in [-0.05, 0) is 49.8 Å². The van der Waals surface area contributed by atoms with Gasteiger partial charge in [-0.3, -0.25) is 0 Å². The lowest BCUT2D eigenvalue weighted by Crippen LogP contribution is -2.06. The number of allylic oxidation sites excluding steroid dienone is 2. The van der Waals surface area contributed by atoms with Crippen LogP contribution in [0.25, 0.3) is 10.6 Å². The Morgan fingerprint density at radius 1 is 1.23 bits per heavy atom. The molecule has 0 saturated carbocycles. The number of aliphatic hydroxyl groups excluding tert-OH is 1. The third kappa shape index (κ3) is 8.79. The number of aromatic nitrogens is 1. The van der Waals surface area contributed by atoms with Crippen LogP contribution in [0.5, 0.6) is 0 Å². The van der Waals surface area contributed by atoms with Gasteiger partial charge >= 0.3 is 6.18 Å². The number of nitrogens with zero attached hydrogens (tertiary/aromatic N) is 1. The van der Waals surface area contributed by atoms with Crippen LogP contribution in [-0.2, 0) is 11.9 Å². The van der Waals surface area contributed by atoms with E-state index < -0.39 is 23.7 Å². The van der Waals surface area contributed by atoms with Crippen molar-refractivity contribution >= 4 is 23.1 Å². The van der Waals surface area contributed by atoms with Gasteiger partial charge in [-0.15, -0.1) is 23.1 Å². The first-order valence-corrected chi connectivity index (χ1v) is 11.9. The van der Waals surface area contributed by atoms with Crippen molar-refractivity contribution in [2.24, 2.45) is 5.92 Å². The van der Waals surface area contributed by atoms with E-state index >= 15 is 0 Å². The molecule has 0 amide bonds. The van der Waals surface area contributed by atoms with Crippen LogP contribution in [-0.4, -0.2) is 16.2 Å². The number of hydrogen-bond acceptors (Lipinski definition) is 4. The molecule has 0 saturated heterocycles. The molecule has 2 nitrogen and oxygen atoms in total. The number of aliphatic hydroxyl groups is 1. The van der Waals surface area contributed by atoms with Gasteiger partial charge in [-0.2, -0.15) is 13.2 Å². The maximum absolute atomic E-state index is 14.2. The first-order chi connectivity index (χ1) is 14.6. The van der Waals surface area contributed by atoms with E-state index in [0.29, 0.717) is 23.2 Å². The molecule has 0 aliphatic carbocycles. The summed E-state index contributed by atoms with van der Waals surface area (Å²) >= 11 is 2.84. The molecule has 2 rings (SSSR count). The van der Waals surface area contributed by atoms with Crippen molar-refractivity contribution in [3.8, 4) is 10.6 Å². The molecule has 2 unspecified atom stereocenters. The molecule has 0 aliphatic heterocycles. The maximum Gasteiger partial charge on any atom is 0.416 e. The van der Waals surface area contributed by atoms with E-state index in [1.807, 2.05) is 45.3 Å². The summed E-state index contributed by atoms with van der Waals surface area (Å²) in [5.41, 5.74) is -0.201. The zero-order valence-electron chi connectivity index (χ0n) is 18.3. The number of rotatable bonds is 8. The van der Waals surface area contributed by atoms with Crippen LogP contribution in [0.1, 0.15) is 50.3 Å². The smallest absolute Gasteiger partial charge is 0.389 e. The van der Waals surface area contributed by atoms with Crippen LogP contribution in [0.2, 0.25) is 0 Å². The highest BCUT2D eigenvalue weighted by Crippen LogP contribution is 2.35. The Bertz CT molecular complexity index is 875. The van der Waals surface area contributed by atoms with E-state index in [1.165, 1.54) is 11.3 Å². The Labute approximate surface area is 190 Å². The lowest BCUT2D eigenvalue weighted by atomic mass is 10.0. The summed E-state index contributed by atoms with van der Waals surface area (Å²) in [6.07, 6.45) is 1.18. The molecule has 0 bridgehead atoms. The van der Waals surface area contributed by atoms with Crippen molar-refractivity contribution in [3.05, 3.63) is 63.8 Å². The van der Waals surface area contributed by atoms with E-state index in [2.05, 4.69) is 4.98 Å². The van der Waals surface area contributed by atoms with Gasteiger partial charge in [0.2, 0.25) is 0 Å². The van der Waals surface area contributed by atoms with Crippen LogP contribution in [0.15, 0.2) is 41.8 Å². The van der Waals surface area contributed by atoms with Gasteiger partial charge in [-0.1, -0.05) is 39.0 Å². The minimum atomic E-state index is -4.58. The van der Waals surface area contributed by atoms with Crippen molar-refractivity contribution < 1.29 is 22.7 Å². The number of thioether (sulfide) groups is 1. The number of aryl methyl sites for hydroxylation is 1. The number of benzene rings is 1. The first-order valence-electron chi connectivity index (χ1n) is 10.0. The van der Waals surface area contributed by atoms with E-state index in [9.17, 15) is 22.7 Å². The summed E-state index contributed by atoms with van der Waals surface area (Å²) in [5.74, 6) is -0.0823. The molecule has 1 heterocycles. The van der Waals surface area contributed by atoms with Gasteiger partial charge < -0.3 is 5.11 Å².